The summed E-state index contributed by atoms with van der Waals surface area (Å²) in [5, 5.41) is 2.75. The number of rotatable bonds is 3. The highest BCUT2D eigenvalue weighted by atomic mass is 19.1. The molecule has 0 rings (SSSR count). The van der Waals surface area contributed by atoms with Crippen molar-refractivity contribution in [2.75, 3.05) is 20.3 Å². The Balaban J connectivity index is 2.83. The maximum absolute atomic E-state index is 11.4. The number of halogens is 1. The molecule has 0 saturated carbocycles. The molecule has 0 saturated heterocycles. The third kappa shape index (κ3) is 3.69. The molecule has 0 spiro atoms. The van der Waals surface area contributed by atoms with E-state index in [1.807, 2.05) is 0 Å². The Hall–Kier alpha value is -0.150. The van der Waals surface area contributed by atoms with E-state index < -0.39 is 6.67 Å². The summed E-state index contributed by atoms with van der Waals surface area (Å²) in [5.74, 6) is 0. The lowest BCUT2D eigenvalue weighted by atomic mass is 10.3. The third-order valence-electron chi connectivity index (χ3n) is 0.665. The fourth-order valence-electron chi connectivity index (χ4n) is 0.317. The molecule has 0 amide bonds. The van der Waals surface area contributed by atoms with E-state index in [0.717, 1.165) is 0 Å². The van der Waals surface area contributed by atoms with Crippen LogP contribution >= 0.6 is 0 Å². The third-order valence-corrected chi connectivity index (χ3v) is 0.665. The van der Waals surface area contributed by atoms with Gasteiger partial charge in [0.1, 0.15) is 6.67 Å². The summed E-state index contributed by atoms with van der Waals surface area (Å²) in [5.41, 5.74) is 5.15. The van der Waals surface area contributed by atoms with E-state index >= 15 is 0 Å². The highest BCUT2D eigenvalue weighted by Gasteiger charge is 1.95. The van der Waals surface area contributed by atoms with Crippen LogP contribution in [-0.2, 0) is 0 Å². The van der Waals surface area contributed by atoms with E-state index in [4.69, 9.17) is 5.73 Å². The van der Waals surface area contributed by atoms with Crippen LogP contribution in [0, 0.1) is 0 Å². The Bertz CT molecular complexity index is 40.7. The summed E-state index contributed by atoms with van der Waals surface area (Å²) in [6.07, 6.45) is 0. The molecule has 0 radical (unpaired) electrons. The summed E-state index contributed by atoms with van der Waals surface area (Å²) < 4.78 is 11.4. The van der Waals surface area contributed by atoms with Gasteiger partial charge in [0.05, 0.1) is 0 Å². The second-order valence-corrected chi connectivity index (χ2v) is 1.47. The zero-order chi connectivity index (χ0) is 5.70. The van der Waals surface area contributed by atoms with Crippen LogP contribution in [0.1, 0.15) is 0 Å². The van der Waals surface area contributed by atoms with Crippen LogP contribution in [0.2, 0.25) is 0 Å². The minimum atomic E-state index is -0.444. The summed E-state index contributed by atoms with van der Waals surface area (Å²) in [6, 6.07) is -0.329. The van der Waals surface area contributed by atoms with Gasteiger partial charge in [0, 0.05) is 12.6 Å². The molecule has 0 aromatic rings. The first kappa shape index (κ1) is 6.85. The van der Waals surface area contributed by atoms with Crippen LogP contribution in [0.3, 0.4) is 0 Å². The topological polar surface area (TPSA) is 38.0 Å². The van der Waals surface area contributed by atoms with Gasteiger partial charge in [-0.2, -0.15) is 0 Å². The van der Waals surface area contributed by atoms with Crippen LogP contribution < -0.4 is 11.1 Å². The number of nitrogens with one attached hydrogen (secondary N) is 1. The number of alkyl halides is 1. The molecule has 0 aromatic heterocycles. The van der Waals surface area contributed by atoms with Crippen LogP contribution in [0.15, 0.2) is 0 Å². The van der Waals surface area contributed by atoms with Crippen molar-refractivity contribution in [3.8, 4) is 0 Å². The lowest BCUT2D eigenvalue weighted by Crippen LogP contribution is -2.33. The Morgan fingerprint density at radius 1 is 1.86 bits per heavy atom. The molecule has 3 heteroatoms. The molecular formula is C4H11FN2. The first-order valence-electron chi connectivity index (χ1n) is 2.27. The summed E-state index contributed by atoms with van der Waals surface area (Å²) >= 11 is 0. The van der Waals surface area contributed by atoms with E-state index in [1.165, 1.54) is 0 Å². The predicted molar refractivity (Wildman–Crippen MR) is 27.9 cm³/mol. The maximum atomic E-state index is 11.4. The van der Waals surface area contributed by atoms with Gasteiger partial charge in [-0.3, -0.25) is 0 Å². The van der Waals surface area contributed by atoms with Crippen LogP contribution in [-0.4, -0.2) is 26.3 Å². The van der Waals surface area contributed by atoms with Gasteiger partial charge in [0.15, 0.2) is 0 Å². The molecule has 0 fully saturated rings. The summed E-state index contributed by atoms with van der Waals surface area (Å²) in [6.45, 7) is 0.108. The van der Waals surface area contributed by atoms with Crippen molar-refractivity contribution >= 4 is 0 Å². The molecule has 3 N–H and O–H groups in total. The van der Waals surface area contributed by atoms with Crippen molar-refractivity contribution in [1.29, 1.82) is 0 Å². The van der Waals surface area contributed by atoms with E-state index in [2.05, 4.69) is 5.32 Å². The van der Waals surface area contributed by atoms with Gasteiger partial charge in [0.25, 0.3) is 0 Å². The summed E-state index contributed by atoms with van der Waals surface area (Å²) in [7, 11) is 1.75. The van der Waals surface area contributed by atoms with E-state index in [-0.39, 0.29) is 6.04 Å². The highest BCUT2D eigenvalue weighted by Crippen LogP contribution is 1.73. The highest BCUT2D eigenvalue weighted by molar-refractivity contribution is 4.59. The number of hydrogen-bond donors (Lipinski definition) is 2. The Morgan fingerprint density at radius 2 is 2.43 bits per heavy atom. The fraction of sp³-hybridized carbons (Fsp3) is 1.00. The minimum absolute atomic E-state index is 0.329. The van der Waals surface area contributed by atoms with Crippen LogP contribution in [0.4, 0.5) is 4.39 Å². The second-order valence-electron chi connectivity index (χ2n) is 1.47. The first-order chi connectivity index (χ1) is 3.31. The van der Waals surface area contributed by atoms with Gasteiger partial charge < -0.3 is 11.1 Å². The molecule has 0 aliphatic heterocycles. The lowest BCUT2D eigenvalue weighted by molar-refractivity contribution is 0.420. The minimum Gasteiger partial charge on any atom is -0.324 e. The monoisotopic (exact) mass is 106 g/mol. The van der Waals surface area contributed by atoms with E-state index in [1.54, 1.807) is 7.05 Å². The Labute approximate surface area is 42.9 Å². The van der Waals surface area contributed by atoms with Crippen molar-refractivity contribution in [2.45, 2.75) is 6.04 Å². The lowest BCUT2D eigenvalue weighted by Gasteiger charge is -2.02. The van der Waals surface area contributed by atoms with Crippen molar-refractivity contribution in [3.05, 3.63) is 0 Å². The SMILES string of the molecule is CNC[C@H](N)CF. The second kappa shape index (κ2) is 4.02. The Morgan fingerprint density at radius 3 is 2.57 bits per heavy atom. The smallest absolute Gasteiger partial charge is 0.106 e. The van der Waals surface area contributed by atoms with Crippen LogP contribution in [0.5, 0.6) is 0 Å². The van der Waals surface area contributed by atoms with Crippen molar-refractivity contribution in [1.82, 2.24) is 5.32 Å². The molecule has 0 aromatic carbocycles. The van der Waals surface area contributed by atoms with E-state index in [9.17, 15) is 4.39 Å². The maximum Gasteiger partial charge on any atom is 0.106 e. The largest absolute Gasteiger partial charge is 0.324 e. The average Bonchev–Trinajstić information content (AvgIpc) is 1.68. The molecule has 2 nitrogen and oxygen atoms in total. The number of likely N-dealkylation sites (N-methyl/N-ethyl adjacent to an activating group) is 1. The average molecular weight is 106 g/mol. The molecule has 0 aliphatic carbocycles. The van der Waals surface area contributed by atoms with Crippen molar-refractivity contribution in [3.63, 3.8) is 0 Å². The van der Waals surface area contributed by atoms with Gasteiger partial charge in [-0.15, -0.1) is 0 Å². The van der Waals surface area contributed by atoms with Gasteiger partial charge in [0.2, 0.25) is 0 Å². The van der Waals surface area contributed by atoms with Gasteiger partial charge >= 0.3 is 0 Å². The molecule has 0 unspecified atom stereocenters. The van der Waals surface area contributed by atoms with Gasteiger partial charge in [-0.25, -0.2) is 4.39 Å². The van der Waals surface area contributed by atoms with Crippen molar-refractivity contribution in [2.24, 2.45) is 5.73 Å². The predicted octanol–water partition coefficient (Wildman–Crippen LogP) is -0.497. The molecule has 0 bridgehead atoms. The number of nitrogens with two attached hydrogens (primary N) is 1. The zero-order valence-corrected chi connectivity index (χ0v) is 4.45. The molecular weight excluding hydrogens is 95.1 g/mol. The molecule has 0 heterocycles. The van der Waals surface area contributed by atoms with Gasteiger partial charge in [-0.05, 0) is 7.05 Å². The zero-order valence-electron chi connectivity index (χ0n) is 4.45. The number of hydrogen-bond acceptors (Lipinski definition) is 2. The quantitative estimate of drug-likeness (QED) is 0.509. The standard InChI is InChI=1S/C4H11FN2/c1-7-3-4(6)2-5/h4,7H,2-3,6H2,1H3/t4-/m1/s1. The molecule has 1 atom stereocenters. The Kier molecular flexibility index (Phi) is 3.93. The summed E-state index contributed by atoms with van der Waals surface area (Å²) in [4.78, 5) is 0. The molecule has 0 aliphatic rings. The normalized spacial score (nSPS) is 14.1. The van der Waals surface area contributed by atoms with Crippen LogP contribution in [0.25, 0.3) is 0 Å². The van der Waals surface area contributed by atoms with Gasteiger partial charge in [-0.1, -0.05) is 0 Å². The molecule has 7 heavy (non-hydrogen) atoms. The first-order valence-corrected chi connectivity index (χ1v) is 2.27. The van der Waals surface area contributed by atoms with Crippen molar-refractivity contribution < 1.29 is 4.39 Å². The molecule has 44 valence electrons. The fourth-order valence-corrected chi connectivity index (χ4v) is 0.317. The van der Waals surface area contributed by atoms with E-state index in [0.29, 0.717) is 6.54 Å².